The van der Waals surface area contributed by atoms with Crippen LogP contribution in [0.4, 0.5) is 0 Å². The van der Waals surface area contributed by atoms with Crippen LogP contribution in [0.2, 0.25) is 0 Å². The molecule has 0 aliphatic carbocycles. The van der Waals surface area contributed by atoms with Crippen LogP contribution in [0.5, 0.6) is 0 Å². The van der Waals surface area contributed by atoms with E-state index in [2.05, 4.69) is 14.6 Å². The van der Waals surface area contributed by atoms with E-state index in [-0.39, 0.29) is 12.4 Å². The summed E-state index contributed by atoms with van der Waals surface area (Å²) in [5.74, 6) is 0.918. The van der Waals surface area contributed by atoms with E-state index in [0.29, 0.717) is 0 Å². The number of hydrogen-bond donors (Lipinski definition) is 1. The lowest BCUT2D eigenvalue weighted by molar-refractivity contribution is -0.671. The first-order chi connectivity index (χ1) is 7.81. The minimum Gasteiger partial charge on any atom is -1.00 e. The summed E-state index contributed by atoms with van der Waals surface area (Å²) in [6, 6.07) is 0. The fraction of sp³-hybridized carbons (Fsp3) is 0.636. The number of aromatic nitrogens is 2. The van der Waals surface area contributed by atoms with Crippen molar-refractivity contribution in [2.75, 3.05) is 19.6 Å². The molecule has 1 fully saturated rings. The van der Waals surface area contributed by atoms with Gasteiger partial charge in [-0.3, -0.25) is 4.90 Å². The molecule has 0 unspecified atom stereocenters. The summed E-state index contributed by atoms with van der Waals surface area (Å²) in [5, 5.41) is 11.7. The normalized spacial score (nSPS) is 16.5. The Labute approximate surface area is 108 Å². The molecule has 17 heavy (non-hydrogen) atoms. The van der Waals surface area contributed by atoms with E-state index in [1.807, 2.05) is 24.0 Å². The summed E-state index contributed by atoms with van der Waals surface area (Å²) in [5.41, 5.74) is 0. The SMILES string of the molecule is C[n+]1ccn(CCN2CCCC2)c1/C=N/O.[Cl-]. The van der Waals surface area contributed by atoms with Gasteiger partial charge in [0.1, 0.15) is 18.9 Å². The highest BCUT2D eigenvalue weighted by Gasteiger charge is 2.16. The van der Waals surface area contributed by atoms with Crippen LogP contribution < -0.4 is 17.0 Å². The Kier molecular flexibility index (Phi) is 5.44. The molecule has 1 N–H and O–H groups in total. The molecule has 1 aromatic heterocycles. The second kappa shape index (κ2) is 6.61. The van der Waals surface area contributed by atoms with Crippen LogP contribution in [0, 0.1) is 0 Å². The van der Waals surface area contributed by atoms with Gasteiger partial charge >= 0.3 is 5.82 Å². The average molecular weight is 259 g/mol. The van der Waals surface area contributed by atoms with Crippen molar-refractivity contribution in [2.45, 2.75) is 19.4 Å². The van der Waals surface area contributed by atoms with Crippen LogP contribution in [0.3, 0.4) is 0 Å². The van der Waals surface area contributed by atoms with Gasteiger partial charge in [-0.05, 0) is 25.9 Å². The van der Waals surface area contributed by atoms with Gasteiger partial charge in [-0.2, -0.15) is 0 Å². The van der Waals surface area contributed by atoms with Crippen molar-refractivity contribution >= 4 is 6.21 Å². The summed E-state index contributed by atoms with van der Waals surface area (Å²) < 4.78 is 4.06. The molecule has 5 nitrogen and oxygen atoms in total. The minimum absolute atomic E-state index is 0. The maximum Gasteiger partial charge on any atom is 0.303 e. The standard InChI is InChI=1S/C11H18N4O.ClH/c1-13-6-8-15(11(13)10-12-16)9-7-14-4-2-3-5-14;/h6,8,10H,2-5,7,9H2,1H3;1H. The predicted octanol–water partition coefficient (Wildman–Crippen LogP) is -2.78. The van der Waals surface area contributed by atoms with Gasteiger partial charge in [-0.1, -0.05) is 5.16 Å². The number of likely N-dealkylation sites (tertiary alicyclic amines) is 1. The van der Waals surface area contributed by atoms with E-state index in [1.165, 1.54) is 32.1 Å². The highest BCUT2D eigenvalue weighted by Crippen LogP contribution is 2.07. The van der Waals surface area contributed by atoms with Gasteiger partial charge in [0.05, 0.1) is 7.05 Å². The maximum absolute atomic E-state index is 8.60. The van der Waals surface area contributed by atoms with Crippen LogP contribution in [-0.4, -0.2) is 40.5 Å². The van der Waals surface area contributed by atoms with E-state index in [9.17, 15) is 0 Å². The van der Waals surface area contributed by atoms with Crippen LogP contribution in [0.15, 0.2) is 17.5 Å². The van der Waals surface area contributed by atoms with Gasteiger partial charge in [-0.25, -0.2) is 9.13 Å². The average Bonchev–Trinajstić information content (AvgIpc) is 2.89. The van der Waals surface area contributed by atoms with Gasteiger partial charge in [0.15, 0.2) is 6.21 Å². The lowest BCUT2D eigenvalue weighted by Crippen LogP contribution is -3.00. The summed E-state index contributed by atoms with van der Waals surface area (Å²) >= 11 is 0. The monoisotopic (exact) mass is 258 g/mol. The molecular formula is C11H19ClN4O. The number of nitrogens with zero attached hydrogens (tertiary/aromatic N) is 4. The highest BCUT2D eigenvalue weighted by molar-refractivity contribution is 5.72. The van der Waals surface area contributed by atoms with Crippen LogP contribution in [0.25, 0.3) is 0 Å². The maximum atomic E-state index is 8.60. The molecular weight excluding hydrogens is 240 g/mol. The number of rotatable bonds is 4. The van der Waals surface area contributed by atoms with Crippen molar-refractivity contribution in [1.29, 1.82) is 0 Å². The lowest BCUT2D eigenvalue weighted by atomic mass is 10.4. The van der Waals surface area contributed by atoms with Crippen LogP contribution in [-0.2, 0) is 13.6 Å². The summed E-state index contributed by atoms with van der Waals surface area (Å²) in [6.07, 6.45) is 8.12. The predicted molar refractivity (Wildman–Crippen MR) is 60.7 cm³/mol. The fourth-order valence-electron chi connectivity index (χ4n) is 2.20. The van der Waals surface area contributed by atoms with Gasteiger partial charge in [0.2, 0.25) is 0 Å². The zero-order chi connectivity index (χ0) is 11.4. The van der Waals surface area contributed by atoms with Crippen molar-refractivity contribution in [1.82, 2.24) is 9.47 Å². The molecule has 0 bridgehead atoms. The summed E-state index contributed by atoms with van der Waals surface area (Å²) in [4.78, 5) is 2.47. The molecule has 6 heteroatoms. The topological polar surface area (TPSA) is 44.6 Å². The molecule has 1 aliphatic rings. The van der Waals surface area contributed by atoms with Crippen LogP contribution >= 0.6 is 0 Å². The smallest absolute Gasteiger partial charge is 0.303 e. The molecule has 0 aromatic carbocycles. The molecule has 96 valence electrons. The van der Waals surface area contributed by atoms with Crippen molar-refractivity contribution in [2.24, 2.45) is 12.2 Å². The van der Waals surface area contributed by atoms with Gasteiger partial charge in [0, 0.05) is 6.54 Å². The van der Waals surface area contributed by atoms with E-state index in [4.69, 9.17) is 5.21 Å². The molecule has 2 rings (SSSR count). The van der Waals surface area contributed by atoms with E-state index in [0.717, 1.165) is 18.9 Å². The molecule has 0 saturated carbocycles. The Morgan fingerprint density at radius 2 is 2.12 bits per heavy atom. The van der Waals surface area contributed by atoms with Gasteiger partial charge < -0.3 is 17.6 Å². The molecule has 2 heterocycles. The molecule has 0 amide bonds. The molecule has 1 saturated heterocycles. The lowest BCUT2D eigenvalue weighted by Gasteiger charge is -2.12. The Bertz CT molecular complexity index is 372. The second-order valence-corrected chi connectivity index (χ2v) is 4.25. The minimum atomic E-state index is 0. The number of oxime groups is 1. The zero-order valence-electron chi connectivity index (χ0n) is 10.1. The van der Waals surface area contributed by atoms with Gasteiger partial charge in [0.25, 0.3) is 0 Å². The Morgan fingerprint density at radius 3 is 2.76 bits per heavy atom. The second-order valence-electron chi connectivity index (χ2n) is 4.25. The number of halogens is 1. The summed E-state index contributed by atoms with van der Waals surface area (Å²) in [7, 11) is 1.95. The fourth-order valence-corrected chi connectivity index (χ4v) is 2.20. The third kappa shape index (κ3) is 3.44. The van der Waals surface area contributed by atoms with Crippen molar-refractivity contribution in [3.05, 3.63) is 18.2 Å². The Balaban J connectivity index is 0.00000144. The van der Waals surface area contributed by atoms with Crippen LogP contribution in [0.1, 0.15) is 18.7 Å². The number of hydrogen-bond acceptors (Lipinski definition) is 3. The van der Waals surface area contributed by atoms with E-state index < -0.39 is 0 Å². The number of imidazole rings is 1. The van der Waals surface area contributed by atoms with E-state index in [1.54, 1.807) is 0 Å². The third-order valence-corrected chi connectivity index (χ3v) is 3.15. The first kappa shape index (κ1) is 14.0. The van der Waals surface area contributed by atoms with Gasteiger partial charge in [-0.15, -0.1) is 0 Å². The molecule has 1 aromatic rings. The molecule has 0 radical (unpaired) electrons. The zero-order valence-corrected chi connectivity index (χ0v) is 10.8. The van der Waals surface area contributed by atoms with Crippen molar-refractivity contribution in [3.63, 3.8) is 0 Å². The largest absolute Gasteiger partial charge is 1.00 e. The molecule has 1 aliphatic heterocycles. The van der Waals surface area contributed by atoms with Crippen molar-refractivity contribution in [3.8, 4) is 0 Å². The Morgan fingerprint density at radius 1 is 1.41 bits per heavy atom. The first-order valence-corrected chi connectivity index (χ1v) is 5.76. The quantitative estimate of drug-likeness (QED) is 0.275. The molecule has 0 spiro atoms. The molecule has 0 atom stereocenters. The first-order valence-electron chi connectivity index (χ1n) is 5.76. The number of aryl methyl sites for hydroxylation is 1. The Hall–Kier alpha value is -1.07. The third-order valence-electron chi connectivity index (χ3n) is 3.15. The summed E-state index contributed by atoms with van der Waals surface area (Å²) in [6.45, 7) is 4.46. The van der Waals surface area contributed by atoms with E-state index >= 15 is 0 Å². The highest BCUT2D eigenvalue weighted by atomic mass is 35.5. The van der Waals surface area contributed by atoms with Crippen molar-refractivity contribution < 1.29 is 22.2 Å².